The van der Waals surface area contributed by atoms with E-state index in [1.54, 1.807) is 56.9 Å². The van der Waals surface area contributed by atoms with Gasteiger partial charge in [0.15, 0.2) is 0 Å². The van der Waals surface area contributed by atoms with Gasteiger partial charge in [-0.05, 0) is 0 Å². The zero-order chi connectivity index (χ0) is 33.2. The minimum absolute atomic E-state index is 0.765. The van der Waals surface area contributed by atoms with Crippen LogP contribution >= 0.6 is 0 Å². The Hall–Kier alpha value is -3.12. The average molecular weight is 964 g/mol. The molecule has 0 unspecified atom stereocenters. The fourth-order valence-electron chi connectivity index (χ4n) is 6.09. The molecule has 0 N–H and O–H groups in total. The molecule has 4 aromatic rings. The molecule has 247 valence electrons. The summed E-state index contributed by atoms with van der Waals surface area (Å²) in [6.45, 7) is 0. The second-order valence-electron chi connectivity index (χ2n) is 10.6. The Morgan fingerprint density at radius 3 is 0.936 bits per heavy atom. The van der Waals surface area contributed by atoms with Gasteiger partial charge >= 0.3 is 305 Å². The summed E-state index contributed by atoms with van der Waals surface area (Å²) in [7, 11) is 13.6. The third kappa shape index (κ3) is 6.04. The summed E-state index contributed by atoms with van der Waals surface area (Å²) in [5.41, 5.74) is 4.10. The van der Waals surface area contributed by atoms with Crippen molar-refractivity contribution in [1.82, 2.24) is 0 Å². The Morgan fingerprint density at radius 2 is 0.660 bits per heavy atom. The maximum absolute atomic E-state index is 6.03. The summed E-state index contributed by atoms with van der Waals surface area (Å²) >= 11 is -8.36. The number of ether oxygens (including phenoxy) is 8. The number of fused-ring (bicyclic) bond motifs is 2. The van der Waals surface area contributed by atoms with Gasteiger partial charge in [0.05, 0.1) is 0 Å². The van der Waals surface area contributed by atoms with Crippen molar-refractivity contribution in [2.75, 3.05) is 62.3 Å². The van der Waals surface area contributed by atoms with Gasteiger partial charge in [-0.3, -0.25) is 0 Å². The molecule has 0 aromatic heterocycles. The first-order valence-electron chi connectivity index (χ1n) is 14.8. The molecular weight excluding hydrogens is 925 g/mol. The van der Waals surface area contributed by atoms with Gasteiger partial charge in [-0.25, -0.2) is 0 Å². The number of nitrogens with zero attached hydrogens (tertiary/aromatic N) is 4. The normalized spacial score (nSPS) is 16.7. The van der Waals surface area contributed by atoms with Gasteiger partial charge in [0.2, 0.25) is 0 Å². The summed E-state index contributed by atoms with van der Waals surface area (Å²) in [6.07, 6.45) is 0. The van der Waals surface area contributed by atoms with E-state index in [9.17, 15) is 0 Å². The number of rotatable bonds is 12. The Morgan fingerprint density at radius 1 is 0.383 bits per heavy atom. The van der Waals surface area contributed by atoms with E-state index in [4.69, 9.17) is 37.9 Å². The molecule has 0 amide bonds. The number of anilines is 4. The fourth-order valence-corrected chi connectivity index (χ4v) is 111. The molecule has 3 heterocycles. The van der Waals surface area contributed by atoms with Crippen LogP contribution in [0.1, 0.15) is 0 Å². The molecule has 4 aromatic carbocycles. The van der Waals surface area contributed by atoms with Gasteiger partial charge in [0.1, 0.15) is 0 Å². The zero-order valence-corrected chi connectivity index (χ0v) is 37.6. The van der Waals surface area contributed by atoms with Crippen LogP contribution < -0.4 is 43.3 Å². The van der Waals surface area contributed by atoms with Crippen molar-refractivity contribution in [2.45, 2.75) is 0 Å². The molecule has 47 heavy (non-hydrogen) atoms. The Bertz CT molecular complexity index is 1500. The van der Waals surface area contributed by atoms with Crippen molar-refractivity contribution < 1.29 is 37.9 Å². The maximum atomic E-state index is 6.03. The molecule has 12 nitrogen and oxygen atoms in total. The molecule has 15 heteroatoms. The molecule has 1 radical (unpaired) electrons. The summed E-state index contributed by atoms with van der Waals surface area (Å²) in [5.74, 6) is 6.26. The number of hydrogen-bond donors (Lipinski definition) is 0. The van der Waals surface area contributed by atoms with Crippen LogP contribution in [0.25, 0.3) is 0 Å². The third-order valence-corrected chi connectivity index (χ3v) is 60.4. The molecule has 2 bridgehead atoms. The van der Waals surface area contributed by atoms with Gasteiger partial charge in [0.25, 0.3) is 0 Å². The van der Waals surface area contributed by atoms with E-state index < -0.39 is 62.8 Å². The van der Waals surface area contributed by atoms with E-state index in [2.05, 4.69) is 29.6 Å². The van der Waals surface area contributed by atoms with Crippen LogP contribution in [-0.4, -0.2) is 120 Å². The average Bonchev–Trinajstić information content (AvgIpc) is 3.13. The molecule has 0 aliphatic carbocycles. The van der Waals surface area contributed by atoms with Crippen LogP contribution in [0.5, 0.6) is 46.0 Å². The van der Waals surface area contributed by atoms with E-state index >= 15 is 0 Å². The summed E-state index contributed by atoms with van der Waals surface area (Å²) in [4.78, 5) is 0. The molecule has 3 fully saturated rings. The molecular formula is C32H39N4O8Sn3. The summed E-state index contributed by atoms with van der Waals surface area (Å²) in [6, 6.07) is 24.1. The first kappa shape index (κ1) is 33.8. The molecule has 7 rings (SSSR count). The second kappa shape index (κ2) is 14.6. The van der Waals surface area contributed by atoms with E-state index in [0.717, 1.165) is 68.7 Å². The standard InChI is InChI=1S/4C8H9NO2.3Sn.3H/c4*1-10-6-3-4-8(11-2)7(9)5-6;;;;;;/h4*3-5H,1-2H3;;;;;;. The van der Waals surface area contributed by atoms with Gasteiger partial charge in [-0.1, -0.05) is 0 Å². The summed E-state index contributed by atoms with van der Waals surface area (Å²) < 4.78 is 58.0. The van der Waals surface area contributed by atoms with Gasteiger partial charge < -0.3 is 0 Å². The van der Waals surface area contributed by atoms with Crippen LogP contribution in [0, 0.1) is 0 Å². The minimum atomic E-state index is -3.28. The van der Waals surface area contributed by atoms with Crippen LogP contribution in [0.4, 0.5) is 22.7 Å². The number of hydrogen-bond acceptors (Lipinski definition) is 12. The molecule has 3 saturated heterocycles. The van der Waals surface area contributed by atoms with Crippen molar-refractivity contribution in [3.05, 3.63) is 72.8 Å². The van der Waals surface area contributed by atoms with Gasteiger partial charge in [-0.15, -0.1) is 0 Å². The first-order chi connectivity index (χ1) is 22.9. The van der Waals surface area contributed by atoms with Gasteiger partial charge in [-0.2, -0.15) is 0 Å². The van der Waals surface area contributed by atoms with Gasteiger partial charge in [0, 0.05) is 0 Å². The van der Waals surface area contributed by atoms with Crippen molar-refractivity contribution >= 4 is 85.6 Å². The topological polar surface area (TPSA) is 86.8 Å². The Labute approximate surface area is 302 Å². The van der Waals surface area contributed by atoms with Crippen molar-refractivity contribution in [1.29, 1.82) is 0 Å². The predicted molar refractivity (Wildman–Crippen MR) is 190 cm³/mol. The molecule has 3 aliphatic rings. The predicted octanol–water partition coefficient (Wildman–Crippen LogP) is 3.81. The van der Waals surface area contributed by atoms with Crippen LogP contribution in [-0.2, 0) is 0 Å². The number of benzene rings is 4. The fraction of sp³-hybridized carbons (Fsp3) is 0.250. The van der Waals surface area contributed by atoms with E-state index in [1.165, 1.54) is 0 Å². The van der Waals surface area contributed by atoms with Crippen LogP contribution in [0.2, 0.25) is 0 Å². The van der Waals surface area contributed by atoms with Crippen LogP contribution in [0.3, 0.4) is 0 Å². The Kier molecular flexibility index (Phi) is 10.5. The molecule has 0 atom stereocenters. The molecule has 0 spiro atoms. The summed E-state index contributed by atoms with van der Waals surface area (Å²) in [5, 5.41) is 0. The van der Waals surface area contributed by atoms with Crippen molar-refractivity contribution in [2.24, 2.45) is 0 Å². The monoisotopic (exact) mass is 967 g/mol. The van der Waals surface area contributed by atoms with Crippen LogP contribution in [0.15, 0.2) is 72.8 Å². The Balaban J connectivity index is 1.67. The third-order valence-electron chi connectivity index (χ3n) is 8.40. The number of methoxy groups -OCH3 is 8. The van der Waals surface area contributed by atoms with Crippen molar-refractivity contribution in [3.8, 4) is 46.0 Å². The SMILES string of the molecule is COc1ccc(OC)c([N]2[SnH][N](c3cc(OC)ccc3OC)[SnH]3[N](c4cc(OC)ccc4OC)[SnH]2[N]3c2cc(OC)ccc2OC)c1. The van der Waals surface area contributed by atoms with E-state index in [-0.39, 0.29) is 0 Å². The molecule has 0 saturated carbocycles. The zero-order valence-electron chi connectivity index (χ0n) is 27.7. The quantitative estimate of drug-likeness (QED) is 0.194. The first-order valence-corrected chi connectivity index (χ1v) is 26.6. The van der Waals surface area contributed by atoms with Crippen molar-refractivity contribution in [3.63, 3.8) is 0 Å². The molecule has 3 aliphatic heterocycles. The second-order valence-corrected chi connectivity index (χ2v) is 47.3. The van der Waals surface area contributed by atoms with E-state index in [1.807, 2.05) is 48.5 Å². The van der Waals surface area contributed by atoms with E-state index in [0.29, 0.717) is 0 Å².